The molecule has 5 atom stereocenters. The van der Waals surface area contributed by atoms with E-state index in [4.69, 9.17) is 0 Å². The largest absolute Gasteiger partial charge is 0.390 e. The van der Waals surface area contributed by atoms with Gasteiger partial charge in [-0.05, 0) is 68.1 Å². The van der Waals surface area contributed by atoms with Crippen molar-refractivity contribution in [1.29, 1.82) is 0 Å². The van der Waals surface area contributed by atoms with E-state index in [0.717, 1.165) is 30.6 Å². The fourth-order valence-corrected chi connectivity index (χ4v) is 5.54. The zero-order valence-electron chi connectivity index (χ0n) is 12.2. The molecule has 104 valence electrons. The van der Waals surface area contributed by atoms with E-state index in [0.29, 0.717) is 11.8 Å². The molecule has 0 saturated heterocycles. The van der Waals surface area contributed by atoms with Crippen LogP contribution in [0.2, 0.25) is 0 Å². The fourth-order valence-electron chi connectivity index (χ4n) is 5.54. The van der Waals surface area contributed by atoms with Gasteiger partial charge in [0.1, 0.15) is 0 Å². The maximum atomic E-state index is 11.2. The average Bonchev–Trinajstić information content (AvgIpc) is 2.90. The molecule has 0 aromatic heterocycles. The molecule has 18 heavy (non-hydrogen) atoms. The van der Waals surface area contributed by atoms with Gasteiger partial charge < -0.3 is 5.11 Å². The van der Waals surface area contributed by atoms with Crippen molar-refractivity contribution in [3.05, 3.63) is 0 Å². The summed E-state index contributed by atoms with van der Waals surface area (Å²) >= 11 is 0. The van der Waals surface area contributed by atoms with Gasteiger partial charge >= 0.3 is 0 Å². The van der Waals surface area contributed by atoms with Crippen LogP contribution in [-0.2, 0) is 0 Å². The van der Waals surface area contributed by atoms with Gasteiger partial charge in [0, 0.05) is 0 Å². The molecule has 0 spiro atoms. The molecule has 0 aromatic rings. The fraction of sp³-hybridized carbons (Fsp3) is 1.00. The van der Waals surface area contributed by atoms with Crippen molar-refractivity contribution >= 4 is 0 Å². The molecule has 3 fully saturated rings. The Labute approximate surface area is 112 Å². The van der Waals surface area contributed by atoms with Crippen LogP contribution >= 0.6 is 0 Å². The van der Waals surface area contributed by atoms with Crippen LogP contribution in [-0.4, -0.2) is 10.7 Å². The van der Waals surface area contributed by atoms with Gasteiger partial charge in [-0.25, -0.2) is 0 Å². The minimum atomic E-state index is -0.318. The molecule has 1 N–H and O–H groups in total. The molecule has 3 rings (SSSR count). The lowest BCUT2D eigenvalue weighted by Gasteiger charge is -2.45. The minimum absolute atomic E-state index is 0.318. The van der Waals surface area contributed by atoms with E-state index in [1.807, 2.05) is 0 Å². The van der Waals surface area contributed by atoms with Crippen molar-refractivity contribution in [2.45, 2.75) is 77.2 Å². The van der Waals surface area contributed by atoms with Gasteiger partial charge in [0.15, 0.2) is 0 Å². The summed E-state index contributed by atoms with van der Waals surface area (Å²) in [6.45, 7) is 4.61. The van der Waals surface area contributed by atoms with Crippen LogP contribution in [0.4, 0.5) is 0 Å². The van der Waals surface area contributed by atoms with Gasteiger partial charge in [-0.2, -0.15) is 0 Å². The molecule has 2 bridgehead atoms. The SMILES string of the molecule is CC(C)C1CCCCC1(O)CC1CC2CCC1C2. The quantitative estimate of drug-likeness (QED) is 0.787. The molecule has 0 aliphatic heterocycles. The Morgan fingerprint density at radius 3 is 2.56 bits per heavy atom. The molecular formula is C17H30O. The second kappa shape index (κ2) is 4.81. The lowest BCUT2D eigenvalue weighted by atomic mass is 9.65. The van der Waals surface area contributed by atoms with Crippen LogP contribution in [0, 0.1) is 29.6 Å². The molecule has 1 heteroatoms. The zero-order chi connectivity index (χ0) is 12.8. The lowest BCUT2D eigenvalue weighted by molar-refractivity contribution is -0.0864. The highest BCUT2D eigenvalue weighted by atomic mass is 16.3. The van der Waals surface area contributed by atoms with Crippen LogP contribution < -0.4 is 0 Å². The Bertz CT molecular complexity index is 298. The predicted octanol–water partition coefficient (Wildman–Crippen LogP) is 4.39. The maximum Gasteiger partial charge on any atom is 0.0681 e. The van der Waals surface area contributed by atoms with E-state index in [1.165, 1.54) is 44.9 Å². The molecule has 3 aliphatic carbocycles. The van der Waals surface area contributed by atoms with Gasteiger partial charge in [0.25, 0.3) is 0 Å². The van der Waals surface area contributed by atoms with Crippen LogP contribution in [0.5, 0.6) is 0 Å². The number of hydrogen-bond acceptors (Lipinski definition) is 1. The topological polar surface area (TPSA) is 20.2 Å². The normalized spacial score (nSPS) is 48.0. The third kappa shape index (κ3) is 2.24. The van der Waals surface area contributed by atoms with Crippen LogP contribution in [0.1, 0.15) is 71.6 Å². The first-order valence-electron chi connectivity index (χ1n) is 8.31. The second-order valence-corrected chi connectivity index (χ2v) is 7.84. The smallest absolute Gasteiger partial charge is 0.0681 e. The summed E-state index contributed by atoms with van der Waals surface area (Å²) in [4.78, 5) is 0. The van der Waals surface area contributed by atoms with Gasteiger partial charge in [0.2, 0.25) is 0 Å². The molecule has 3 aliphatic rings. The van der Waals surface area contributed by atoms with Crippen molar-refractivity contribution in [1.82, 2.24) is 0 Å². The standard InChI is InChI=1S/C17H30O/c1-12(2)16-5-3-4-8-17(16,18)11-15-10-13-6-7-14(15)9-13/h12-16,18H,3-11H2,1-2H3. The Morgan fingerprint density at radius 1 is 1.11 bits per heavy atom. The first kappa shape index (κ1) is 13.0. The summed E-state index contributed by atoms with van der Waals surface area (Å²) in [5.41, 5.74) is -0.318. The molecule has 0 amide bonds. The van der Waals surface area contributed by atoms with Crippen molar-refractivity contribution in [2.24, 2.45) is 29.6 Å². The Hall–Kier alpha value is -0.0400. The zero-order valence-corrected chi connectivity index (χ0v) is 12.2. The highest BCUT2D eigenvalue weighted by molar-refractivity contribution is 4.98. The lowest BCUT2D eigenvalue weighted by Crippen LogP contribution is -2.45. The van der Waals surface area contributed by atoms with Crippen LogP contribution in [0.25, 0.3) is 0 Å². The third-order valence-corrected chi connectivity index (χ3v) is 6.37. The van der Waals surface area contributed by atoms with Crippen molar-refractivity contribution < 1.29 is 5.11 Å². The molecule has 0 heterocycles. The van der Waals surface area contributed by atoms with Crippen molar-refractivity contribution in [3.8, 4) is 0 Å². The number of fused-ring (bicyclic) bond motifs is 2. The maximum absolute atomic E-state index is 11.2. The molecule has 5 unspecified atom stereocenters. The van der Waals surface area contributed by atoms with Gasteiger partial charge in [-0.1, -0.05) is 33.1 Å². The van der Waals surface area contributed by atoms with E-state index in [9.17, 15) is 5.11 Å². The second-order valence-electron chi connectivity index (χ2n) is 7.84. The van der Waals surface area contributed by atoms with Gasteiger partial charge in [-0.3, -0.25) is 0 Å². The number of hydrogen-bond donors (Lipinski definition) is 1. The molecule has 1 nitrogen and oxygen atoms in total. The van der Waals surface area contributed by atoms with E-state index in [2.05, 4.69) is 13.8 Å². The van der Waals surface area contributed by atoms with Crippen LogP contribution in [0.15, 0.2) is 0 Å². The molecule has 3 saturated carbocycles. The Morgan fingerprint density at radius 2 is 1.94 bits per heavy atom. The van der Waals surface area contributed by atoms with Crippen molar-refractivity contribution in [3.63, 3.8) is 0 Å². The highest BCUT2D eigenvalue weighted by Crippen LogP contribution is 2.53. The van der Waals surface area contributed by atoms with E-state index >= 15 is 0 Å². The van der Waals surface area contributed by atoms with E-state index < -0.39 is 0 Å². The summed E-state index contributed by atoms with van der Waals surface area (Å²) in [5, 5.41) is 11.2. The molecular weight excluding hydrogens is 220 g/mol. The van der Waals surface area contributed by atoms with E-state index in [-0.39, 0.29) is 5.60 Å². The van der Waals surface area contributed by atoms with Gasteiger partial charge in [0.05, 0.1) is 5.60 Å². The third-order valence-electron chi connectivity index (χ3n) is 6.37. The van der Waals surface area contributed by atoms with E-state index in [1.54, 1.807) is 0 Å². The van der Waals surface area contributed by atoms with Crippen molar-refractivity contribution in [2.75, 3.05) is 0 Å². The number of aliphatic hydroxyl groups is 1. The first-order chi connectivity index (χ1) is 8.58. The number of rotatable bonds is 3. The Balaban J connectivity index is 1.68. The Kier molecular flexibility index (Phi) is 3.47. The monoisotopic (exact) mass is 250 g/mol. The predicted molar refractivity (Wildman–Crippen MR) is 75.3 cm³/mol. The molecule has 0 aromatic carbocycles. The molecule has 0 radical (unpaired) electrons. The first-order valence-corrected chi connectivity index (χ1v) is 8.31. The summed E-state index contributed by atoms with van der Waals surface area (Å²) in [7, 11) is 0. The highest BCUT2D eigenvalue weighted by Gasteiger charge is 2.47. The summed E-state index contributed by atoms with van der Waals surface area (Å²) < 4.78 is 0. The summed E-state index contributed by atoms with van der Waals surface area (Å²) in [5.74, 6) is 4.05. The minimum Gasteiger partial charge on any atom is -0.390 e. The summed E-state index contributed by atoms with van der Waals surface area (Å²) in [6.07, 6.45) is 11.9. The van der Waals surface area contributed by atoms with Gasteiger partial charge in [-0.15, -0.1) is 0 Å². The van der Waals surface area contributed by atoms with Crippen LogP contribution in [0.3, 0.4) is 0 Å². The summed E-state index contributed by atoms with van der Waals surface area (Å²) in [6, 6.07) is 0. The average molecular weight is 250 g/mol.